The predicted octanol–water partition coefficient (Wildman–Crippen LogP) is 2.09. The zero-order valence-electron chi connectivity index (χ0n) is 17.7. The molecule has 1 fully saturated rings. The largest absolute Gasteiger partial charge is 0.352 e. The van der Waals surface area contributed by atoms with Crippen molar-refractivity contribution in [2.24, 2.45) is 0 Å². The summed E-state index contributed by atoms with van der Waals surface area (Å²) in [6.07, 6.45) is 0.353. The van der Waals surface area contributed by atoms with E-state index < -0.39 is 0 Å². The van der Waals surface area contributed by atoms with Crippen LogP contribution < -0.4 is 10.2 Å². The second-order valence-corrected chi connectivity index (χ2v) is 9.55. The lowest BCUT2D eigenvalue weighted by Crippen LogP contribution is -3.13. The van der Waals surface area contributed by atoms with Gasteiger partial charge in [-0.05, 0) is 39.9 Å². The van der Waals surface area contributed by atoms with Gasteiger partial charge in [0.25, 0.3) is 5.91 Å². The van der Waals surface area contributed by atoms with Gasteiger partial charge in [0.2, 0.25) is 5.91 Å². The number of thiophene rings is 1. The standard InChI is InChI=1S/C23H31N3O2S/c1-23(2,3)20-6-4-19(5-7-20)22(28)24-10-8-21(27)26-13-11-25(12-14-26)16-18-9-15-29-17-18/h4-7,9,15,17H,8,10-14,16H2,1-3H3,(H,24,28)/p+1. The van der Waals surface area contributed by atoms with E-state index in [0.717, 1.165) is 32.7 Å². The molecular formula is C23H32N3O2S+. The molecule has 5 nitrogen and oxygen atoms in total. The van der Waals surface area contributed by atoms with Crippen LogP contribution in [0.4, 0.5) is 0 Å². The third kappa shape index (κ3) is 6.15. The Hall–Kier alpha value is -2.18. The molecule has 0 unspecified atom stereocenters. The van der Waals surface area contributed by atoms with E-state index in [9.17, 15) is 9.59 Å². The Bertz CT molecular complexity index is 802. The fourth-order valence-corrected chi connectivity index (χ4v) is 4.26. The number of rotatable bonds is 6. The summed E-state index contributed by atoms with van der Waals surface area (Å²) in [7, 11) is 0. The highest BCUT2D eigenvalue weighted by Gasteiger charge is 2.23. The first-order valence-electron chi connectivity index (χ1n) is 10.3. The molecule has 0 saturated carbocycles. The summed E-state index contributed by atoms with van der Waals surface area (Å²) in [4.78, 5) is 28.2. The van der Waals surface area contributed by atoms with Crippen LogP contribution in [0.15, 0.2) is 41.1 Å². The van der Waals surface area contributed by atoms with E-state index in [-0.39, 0.29) is 17.2 Å². The van der Waals surface area contributed by atoms with Gasteiger partial charge < -0.3 is 15.1 Å². The van der Waals surface area contributed by atoms with Crippen molar-refractivity contribution in [3.05, 3.63) is 57.8 Å². The summed E-state index contributed by atoms with van der Waals surface area (Å²) in [5, 5.41) is 7.19. The molecule has 2 N–H and O–H groups in total. The SMILES string of the molecule is CC(C)(C)c1ccc(C(=O)NCCC(=O)N2CC[NH+](Cc3ccsc3)CC2)cc1. The summed E-state index contributed by atoms with van der Waals surface area (Å²) >= 11 is 1.73. The van der Waals surface area contributed by atoms with Gasteiger partial charge in [-0.15, -0.1) is 0 Å². The molecule has 2 heterocycles. The highest BCUT2D eigenvalue weighted by Crippen LogP contribution is 2.22. The van der Waals surface area contributed by atoms with Gasteiger partial charge in [-0.25, -0.2) is 0 Å². The van der Waals surface area contributed by atoms with E-state index in [1.807, 2.05) is 29.2 Å². The molecule has 0 atom stereocenters. The van der Waals surface area contributed by atoms with Crippen LogP contribution in [0.3, 0.4) is 0 Å². The van der Waals surface area contributed by atoms with Crippen LogP contribution in [0, 0.1) is 0 Å². The number of nitrogens with zero attached hydrogens (tertiary/aromatic N) is 1. The number of benzene rings is 1. The van der Waals surface area contributed by atoms with Gasteiger partial charge in [0.05, 0.1) is 26.2 Å². The second kappa shape index (κ2) is 9.55. The topological polar surface area (TPSA) is 53.9 Å². The maximum absolute atomic E-state index is 12.5. The Kier molecular flexibility index (Phi) is 7.09. The molecule has 29 heavy (non-hydrogen) atoms. The van der Waals surface area contributed by atoms with Gasteiger partial charge >= 0.3 is 0 Å². The molecular weight excluding hydrogens is 382 g/mol. The van der Waals surface area contributed by atoms with E-state index in [1.165, 1.54) is 16.0 Å². The summed E-state index contributed by atoms with van der Waals surface area (Å²) in [6.45, 7) is 11.4. The summed E-state index contributed by atoms with van der Waals surface area (Å²) < 4.78 is 0. The molecule has 2 amide bonds. The first-order chi connectivity index (χ1) is 13.8. The number of quaternary nitrogens is 1. The van der Waals surface area contributed by atoms with E-state index in [2.05, 4.69) is 42.9 Å². The van der Waals surface area contributed by atoms with Gasteiger partial charge in [0, 0.05) is 24.1 Å². The summed E-state index contributed by atoms with van der Waals surface area (Å²) in [6, 6.07) is 9.88. The molecule has 1 aromatic heterocycles. The number of carbonyl (C=O) groups excluding carboxylic acids is 2. The second-order valence-electron chi connectivity index (χ2n) is 8.77. The zero-order valence-corrected chi connectivity index (χ0v) is 18.5. The Morgan fingerprint density at radius 2 is 1.79 bits per heavy atom. The maximum atomic E-state index is 12.5. The number of carbonyl (C=O) groups is 2. The number of hydrogen-bond acceptors (Lipinski definition) is 3. The molecule has 1 aliphatic heterocycles. The van der Waals surface area contributed by atoms with Crippen LogP contribution in [-0.4, -0.2) is 49.4 Å². The Morgan fingerprint density at radius 1 is 1.10 bits per heavy atom. The summed E-state index contributed by atoms with van der Waals surface area (Å²) in [5.74, 6) is 0.00579. The quantitative estimate of drug-likeness (QED) is 0.761. The fraction of sp³-hybridized carbons (Fsp3) is 0.478. The van der Waals surface area contributed by atoms with Gasteiger partial charge in [-0.2, -0.15) is 11.3 Å². The van der Waals surface area contributed by atoms with Crippen LogP contribution >= 0.6 is 11.3 Å². The Balaban J connectivity index is 1.38. The number of nitrogens with one attached hydrogen (secondary N) is 2. The maximum Gasteiger partial charge on any atom is 0.251 e. The molecule has 2 aromatic rings. The molecule has 6 heteroatoms. The lowest BCUT2D eigenvalue weighted by atomic mass is 9.87. The first-order valence-corrected chi connectivity index (χ1v) is 11.3. The lowest BCUT2D eigenvalue weighted by Gasteiger charge is -2.32. The van der Waals surface area contributed by atoms with Crippen LogP contribution in [-0.2, 0) is 16.8 Å². The van der Waals surface area contributed by atoms with Gasteiger partial charge in [0.1, 0.15) is 6.54 Å². The molecule has 3 rings (SSSR count). The van der Waals surface area contributed by atoms with E-state index >= 15 is 0 Å². The third-order valence-electron chi connectivity index (χ3n) is 5.50. The summed E-state index contributed by atoms with van der Waals surface area (Å²) in [5.41, 5.74) is 3.28. The van der Waals surface area contributed by atoms with Crippen molar-refractivity contribution in [1.29, 1.82) is 0 Å². The van der Waals surface area contributed by atoms with Crippen molar-refractivity contribution in [1.82, 2.24) is 10.2 Å². The van der Waals surface area contributed by atoms with Crippen LogP contribution in [0.1, 0.15) is 48.7 Å². The minimum atomic E-state index is -0.122. The molecule has 1 aromatic carbocycles. The average molecular weight is 415 g/mol. The smallest absolute Gasteiger partial charge is 0.251 e. The molecule has 0 spiro atoms. The van der Waals surface area contributed by atoms with Gasteiger partial charge in [-0.1, -0.05) is 32.9 Å². The highest BCUT2D eigenvalue weighted by atomic mass is 32.1. The minimum absolute atomic E-state index is 0.0663. The molecule has 0 bridgehead atoms. The molecule has 0 aliphatic carbocycles. The van der Waals surface area contributed by atoms with E-state index in [1.54, 1.807) is 11.3 Å². The van der Waals surface area contributed by atoms with Crippen LogP contribution in [0.5, 0.6) is 0 Å². The first kappa shape index (κ1) is 21.5. The van der Waals surface area contributed by atoms with Gasteiger partial charge in [0.15, 0.2) is 0 Å². The molecule has 1 aliphatic rings. The number of amides is 2. The minimum Gasteiger partial charge on any atom is -0.352 e. The molecule has 1 saturated heterocycles. The lowest BCUT2D eigenvalue weighted by molar-refractivity contribution is -0.917. The molecule has 156 valence electrons. The number of hydrogen-bond donors (Lipinski definition) is 2. The Morgan fingerprint density at radius 3 is 2.38 bits per heavy atom. The van der Waals surface area contributed by atoms with Crippen molar-refractivity contribution in [2.75, 3.05) is 32.7 Å². The van der Waals surface area contributed by atoms with Crippen molar-refractivity contribution in [3.63, 3.8) is 0 Å². The highest BCUT2D eigenvalue weighted by molar-refractivity contribution is 7.07. The number of piperazine rings is 1. The predicted molar refractivity (Wildman–Crippen MR) is 117 cm³/mol. The van der Waals surface area contributed by atoms with Crippen molar-refractivity contribution < 1.29 is 14.5 Å². The van der Waals surface area contributed by atoms with Crippen molar-refractivity contribution >= 4 is 23.2 Å². The molecule has 0 radical (unpaired) electrons. The van der Waals surface area contributed by atoms with Crippen LogP contribution in [0.25, 0.3) is 0 Å². The fourth-order valence-electron chi connectivity index (χ4n) is 3.60. The van der Waals surface area contributed by atoms with Crippen molar-refractivity contribution in [3.8, 4) is 0 Å². The van der Waals surface area contributed by atoms with Gasteiger partial charge in [-0.3, -0.25) is 9.59 Å². The normalized spacial score (nSPS) is 15.3. The van der Waals surface area contributed by atoms with Crippen LogP contribution in [0.2, 0.25) is 0 Å². The Labute approximate surface area is 177 Å². The average Bonchev–Trinajstić information content (AvgIpc) is 3.21. The monoisotopic (exact) mass is 414 g/mol. The third-order valence-corrected chi connectivity index (χ3v) is 6.23. The zero-order chi connectivity index (χ0) is 20.9. The van der Waals surface area contributed by atoms with Crippen molar-refractivity contribution in [2.45, 2.75) is 39.2 Å². The van der Waals surface area contributed by atoms with E-state index in [4.69, 9.17) is 0 Å². The van der Waals surface area contributed by atoms with E-state index in [0.29, 0.717) is 18.5 Å².